The average molecular weight is 266 g/mol. The number of nitro groups is 1. The number of hydrogen-bond acceptors (Lipinski definition) is 6. The Morgan fingerprint density at radius 1 is 1.37 bits per heavy atom. The molecule has 19 heavy (non-hydrogen) atoms. The van der Waals surface area contributed by atoms with Crippen LogP contribution in [-0.4, -0.2) is 31.0 Å². The third-order valence-electron chi connectivity index (χ3n) is 3.48. The van der Waals surface area contributed by atoms with Gasteiger partial charge in [-0.25, -0.2) is 0 Å². The summed E-state index contributed by atoms with van der Waals surface area (Å²) in [4.78, 5) is 10.7. The van der Waals surface area contributed by atoms with Gasteiger partial charge in [0, 0.05) is 19.2 Å². The molecule has 7 nitrogen and oxygen atoms in total. The molecule has 0 spiro atoms. The second-order valence-electron chi connectivity index (χ2n) is 4.65. The van der Waals surface area contributed by atoms with E-state index in [1.807, 2.05) is 0 Å². The molecular formula is C12H14N2O5. The van der Waals surface area contributed by atoms with E-state index < -0.39 is 4.92 Å². The van der Waals surface area contributed by atoms with Crippen LogP contribution in [0.4, 0.5) is 11.4 Å². The summed E-state index contributed by atoms with van der Waals surface area (Å²) in [6.45, 7) is 0.102. The number of nitrogens with one attached hydrogen (secondary N) is 1. The van der Waals surface area contributed by atoms with Crippen molar-refractivity contribution in [2.45, 2.75) is 25.0 Å². The summed E-state index contributed by atoms with van der Waals surface area (Å²) in [6.07, 6.45) is 1.94. The average Bonchev–Trinajstić information content (AvgIpc) is 2.78. The summed E-state index contributed by atoms with van der Waals surface area (Å²) >= 11 is 0. The summed E-state index contributed by atoms with van der Waals surface area (Å²) in [7, 11) is 1.67. The van der Waals surface area contributed by atoms with Crippen LogP contribution in [0.25, 0.3) is 0 Å². The van der Waals surface area contributed by atoms with E-state index in [4.69, 9.17) is 14.2 Å². The van der Waals surface area contributed by atoms with Crippen LogP contribution in [0, 0.1) is 10.1 Å². The molecule has 1 aliphatic carbocycles. The first kappa shape index (κ1) is 12.0. The lowest BCUT2D eigenvalue weighted by molar-refractivity contribution is -0.384. The molecule has 0 amide bonds. The fourth-order valence-corrected chi connectivity index (χ4v) is 2.29. The minimum Gasteiger partial charge on any atom is -0.454 e. The van der Waals surface area contributed by atoms with Crippen molar-refractivity contribution < 1.29 is 19.1 Å². The Hall–Kier alpha value is -2.02. The molecule has 7 heteroatoms. The standard InChI is InChI=1S/C12H14N2O5/c1-17-8-2-7(3-8)13-9-4-11-12(19-6-18-11)5-10(9)14(15)16/h4-5,7-8,13H,2-3,6H2,1H3. The molecule has 3 rings (SSSR count). The van der Waals surface area contributed by atoms with Crippen molar-refractivity contribution in [1.29, 1.82) is 0 Å². The quantitative estimate of drug-likeness (QED) is 0.662. The Morgan fingerprint density at radius 2 is 2.05 bits per heavy atom. The Morgan fingerprint density at radius 3 is 2.68 bits per heavy atom. The van der Waals surface area contributed by atoms with Crippen LogP contribution in [-0.2, 0) is 4.74 Å². The summed E-state index contributed by atoms with van der Waals surface area (Å²) < 4.78 is 15.6. The van der Waals surface area contributed by atoms with Gasteiger partial charge in [-0.2, -0.15) is 0 Å². The molecule has 0 radical (unpaired) electrons. The van der Waals surface area contributed by atoms with Crippen molar-refractivity contribution in [2.24, 2.45) is 0 Å². The van der Waals surface area contributed by atoms with Crippen molar-refractivity contribution in [1.82, 2.24) is 0 Å². The third-order valence-corrected chi connectivity index (χ3v) is 3.48. The molecular weight excluding hydrogens is 252 g/mol. The molecule has 1 aromatic carbocycles. The van der Waals surface area contributed by atoms with Crippen LogP contribution < -0.4 is 14.8 Å². The van der Waals surface area contributed by atoms with Crippen molar-refractivity contribution in [3.63, 3.8) is 0 Å². The fraction of sp³-hybridized carbons (Fsp3) is 0.500. The van der Waals surface area contributed by atoms with Gasteiger partial charge in [-0.15, -0.1) is 0 Å². The van der Waals surface area contributed by atoms with Crippen molar-refractivity contribution >= 4 is 11.4 Å². The van der Waals surface area contributed by atoms with Crippen LogP contribution in [0.3, 0.4) is 0 Å². The highest BCUT2D eigenvalue weighted by atomic mass is 16.7. The molecule has 1 aliphatic heterocycles. The van der Waals surface area contributed by atoms with E-state index >= 15 is 0 Å². The Kier molecular flexibility index (Phi) is 2.90. The summed E-state index contributed by atoms with van der Waals surface area (Å²) in [5.41, 5.74) is 0.471. The number of benzene rings is 1. The number of rotatable bonds is 4. The molecule has 1 fully saturated rings. The largest absolute Gasteiger partial charge is 0.454 e. The van der Waals surface area contributed by atoms with Crippen molar-refractivity contribution in [3.05, 3.63) is 22.2 Å². The molecule has 1 N–H and O–H groups in total. The smallest absolute Gasteiger partial charge is 0.296 e. The molecule has 0 saturated heterocycles. The van der Waals surface area contributed by atoms with Gasteiger partial charge < -0.3 is 19.5 Å². The number of fused-ring (bicyclic) bond motifs is 1. The lowest BCUT2D eigenvalue weighted by atomic mass is 9.89. The number of nitrogens with zero attached hydrogens (tertiary/aromatic N) is 1. The molecule has 102 valence electrons. The van der Waals surface area contributed by atoms with Crippen LogP contribution >= 0.6 is 0 Å². The first-order chi connectivity index (χ1) is 9.17. The first-order valence-electron chi connectivity index (χ1n) is 6.04. The highest BCUT2D eigenvalue weighted by molar-refractivity contribution is 5.69. The molecule has 0 atom stereocenters. The topological polar surface area (TPSA) is 82.9 Å². The van der Waals surface area contributed by atoms with Gasteiger partial charge in [0.2, 0.25) is 6.79 Å². The second-order valence-corrected chi connectivity index (χ2v) is 4.65. The molecule has 0 unspecified atom stereocenters. The molecule has 0 bridgehead atoms. The Bertz CT molecular complexity index is 513. The lowest BCUT2D eigenvalue weighted by Gasteiger charge is -2.35. The number of hydrogen-bond donors (Lipinski definition) is 1. The van der Waals surface area contributed by atoms with Gasteiger partial charge in [0.05, 0.1) is 17.1 Å². The molecule has 2 aliphatic rings. The maximum atomic E-state index is 11.1. The van der Waals surface area contributed by atoms with Gasteiger partial charge >= 0.3 is 0 Å². The minimum absolute atomic E-state index is 0.00474. The van der Waals surface area contributed by atoms with E-state index in [0.717, 1.165) is 12.8 Å². The summed E-state index contributed by atoms with van der Waals surface area (Å²) in [5, 5.41) is 14.2. The molecule has 1 saturated carbocycles. The van der Waals surface area contributed by atoms with Gasteiger partial charge in [0.25, 0.3) is 5.69 Å². The van der Waals surface area contributed by atoms with E-state index in [2.05, 4.69) is 5.32 Å². The van der Waals surface area contributed by atoms with Crippen LogP contribution in [0.2, 0.25) is 0 Å². The second kappa shape index (κ2) is 4.58. The lowest BCUT2D eigenvalue weighted by Crippen LogP contribution is -2.40. The van der Waals surface area contributed by atoms with Gasteiger partial charge in [-0.3, -0.25) is 10.1 Å². The molecule has 0 aromatic heterocycles. The van der Waals surface area contributed by atoms with Gasteiger partial charge in [-0.05, 0) is 12.8 Å². The van der Waals surface area contributed by atoms with E-state index in [1.165, 1.54) is 6.07 Å². The number of ether oxygens (including phenoxy) is 3. The normalized spacial score (nSPS) is 23.8. The van der Waals surface area contributed by atoms with E-state index in [0.29, 0.717) is 17.2 Å². The maximum Gasteiger partial charge on any atom is 0.296 e. The Balaban J connectivity index is 1.81. The van der Waals surface area contributed by atoms with Gasteiger partial charge in [0.1, 0.15) is 5.69 Å². The molecule has 1 heterocycles. The van der Waals surface area contributed by atoms with Gasteiger partial charge in [-0.1, -0.05) is 0 Å². The minimum atomic E-state index is -0.420. The van der Waals surface area contributed by atoms with Crippen LogP contribution in [0.15, 0.2) is 12.1 Å². The van der Waals surface area contributed by atoms with Crippen molar-refractivity contribution in [2.75, 3.05) is 19.2 Å². The monoisotopic (exact) mass is 266 g/mol. The third kappa shape index (κ3) is 2.17. The van der Waals surface area contributed by atoms with Crippen LogP contribution in [0.5, 0.6) is 11.5 Å². The maximum absolute atomic E-state index is 11.1. The van der Waals surface area contributed by atoms with Gasteiger partial charge in [0.15, 0.2) is 11.5 Å². The Labute approximate surface area is 109 Å². The number of anilines is 1. The van der Waals surface area contributed by atoms with Crippen molar-refractivity contribution in [3.8, 4) is 11.5 Å². The highest BCUT2D eigenvalue weighted by Crippen LogP contribution is 2.41. The predicted molar refractivity (Wildman–Crippen MR) is 66.7 cm³/mol. The first-order valence-corrected chi connectivity index (χ1v) is 6.04. The zero-order valence-corrected chi connectivity index (χ0v) is 10.4. The summed E-state index contributed by atoms with van der Waals surface area (Å²) in [5.74, 6) is 0.955. The molecule has 1 aromatic rings. The SMILES string of the molecule is COC1CC(Nc2cc3c(cc2[N+](=O)[O-])OCO3)C1. The van der Waals surface area contributed by atoms with E-state index in [1.54, 1.807) is 13.2 Å². The zero-order chi connectivity index (χ0) is 13.4. The van der Waals surface area contributed by atoms with Crippen LogP contribution in [0.1, 0.15) is 12.8 Å². The zero-order valence-electron chi connectivity index (χ0n) is 10.4. The number of nitro benzene ring substituents is 1. The predicted octanol–water partition coefficient (Wildman–Crippen LogP) is 1.91. The number of methoxy groups -OCH3 is 1. The summed E-state index contributed by atoms with van der Waals surface area (Å²) in [6, 6.07) is 3.22. The fourth-order valence-electron chi connectivity index (χ4n) is 2.29. The highest BCUT2D eigenvalue weighted by Gasteiger charge is 2.31. The van der Waals surface area contributed by atoms with E-state index in [9.17, 15) is 10.1 Å². The van der Waals surface area contributed by atoms with E-state index in [-0.39, 0.29) is 24.6 Å².